The molecule has 1 atom stereocenters. The second-order valence-corrected chi connectivity index (χ2v) is 11.0. The number of amides is 1. The predicted molar refractivity (Wildman–Crippen MR) is 87.3 cm³/mol. The number of benzene rings is 1. The van der Waals surface area contributed by atoms with Gasteiger partial charge < -0.3 is 10.0 Å². The average molecular weight is 299 g/mol. The van der Waals surface area contributed by atoms with E-state index in [0.717, 1.165) is 0 Å². The van der Waals surface area contributed by atoms with Crippen molar-refractivity contribution in [2.45, 2.75) is 31.8 Å². The minimum atomic E-state index is -1.51. The summed E-state index contributed by atoms with van der Waals surface area (Å²) in [6.45, 7) is 10.4. The maximum Gasteiger partial charge on any atom is 0.257 e. The highest BCUT2D eigenvalue weighted by atomic mass is 28.3. The van der Waals surface area contributed by atoms with Crippen molar-refractivity contribution in [2.24, 2.45) is 0 Å². The number of hydrogen-bond donors (Lipinski definition) is 1. The van der Waals surface area contributed by atoms with Gasteiger partial charge in [-0.25, -0.2) is 0 Å². The highest BCUT2D eigenvalue weighted by Gasteiger charge is 2.47. The van der Waals surface area contributed by atoms with Crippen molar-refractivity contribution < 1.29 is 9.90 Å². The lowest BCUT2D eigenvalue weighted by Gasteiger charge is -2.32. The maximum atomic E-state index is 12.4. The maximum absolute atomic E-state index is 12.4. The lowest BCUT2D eigenvalue weighted by atomic mass is 9.98. The SMILES string of the molecule is C=CCN1C(=O)c2ccccc2C1(O)CC#C[Si](C)(C)C. The average Bonchev–Trinajstić information content (AvgIpc) is 2.61. The van der Waals surface area contributed by atoms with Crippen molar-refractivity contribution in [2.75, 3.05) is 6.54 Å². The van der Waals surface area contributed by atoms with E-state index < -0.39 is 13.8 Å². The molecule has 0 saturated heterocycles. The molecule has 3 nitrogen and oxygen atoms in total. The molecule has 2 rings (SSSR count). The summed E-state index contributed by atoms with van der Waals surface area (Å²) in [5.41, 5.74) is 3.09. The van der Waals surface area contributed by atoms with Gasteiger partial charge in [0.25, 0.3) is 5.91 Å². The van der Waals surface area contributed by atoms with Gasteiger partial charge in [0.2, 0.25) is 0 Å². The fraction of sp³-hybridized carbons (Fsp3) is 0.353. The molecule has 1 amide bonds. The van der Waals surface area contributed by atoms with E-state index in [1.54, 1.807) is 18.2 Å². The first-order chi connectivity index (χ1) is 9.79. The molecule has 1 aromatic carbocycles. The third kappa shape index (κ3) is 2.94. The van der Waals surface area contributed by atoms with Gasteiger partial charge in [-0.15, -0.1) is 18.0 Å². The van der Waals surface area contributed by atoms with Crippen molar-refractivity contribution in [3.05, 3.63) is 48.0 Å². The summed E-state index contributed by atoms with van der Waals surface area (Å²) < 4.78 is 0. The quantitative estimate of drug-likeness (QED) is 0.530. The lowest BCUT2D eigenvalue weighted by molar-refractivity contribution is -0.0748. The summed E-state index contributed by atoms with van der Waals surface area (Å²) in [7, 11) is -1.51. The Hall–Kier alpha value is -1.83. The van der Waals surface area contributed by atoms with Crippen molar-refractivity contribution in [1.82, 2.24) is 4.90 Å². The monoisotopic (exact) mass is 299 g/mol. The number of rotatable bonds is 3. The molecule has 21 heavy (non-hydrogen) atoms. The van der Waals surface area contributed by atoms with Crippen LogP contribution >= 0.6 is 0 Å². The molecule has 1 aliphatic rings. The smallest absolute Gasteiger partial charge is 0.257 e. The summed E-state index contributed by atoms with van der Waals surface area (Å²) in [5, 5.41) is 11.1. The van der Waals surface area contributed by atoms with Crippen LogP contribution in [0.3, 0.4) is 0 Å². The van der Waals surface area contributed by atoms with Crippen LogP contribution in [0.5, 0.6) is 0 Å². The summed E-state index contributed by atoms with van der Waals surface area (Å²) in [4.78, 5) is 13.9. The fourth-order valence-corrected chi connectivity index (χ4v) is 3.08. The standard InChI is InChI=1S/C17H21NO2Si/c1-5-12-18-16(19)14-9-6-7-10-15(14)17(18,20)11-8-13-21(2,3)4/h5-7,9-10,20H,1,11-12H2,2-4H3. The van der Waals surface area contributed by atoms with E-state index in [-0.39, 0.29) is 12.3 Å². The second kappa shape index (κ2) is 5.51. The van der Waals surface area contributed by atoms with Crippen LogP contribution in [0.25, 0.3) is 0 Å². The molecule has 0 fully saturated rings. The van der Waals surface area contributed by atoms with Crippen molar-refractivity contribution in [1.29, 1.82) is 0 Å². The molecule has 1 unspecified atom stereocenters. The van der Waals surface area contributed by atoms with Gasteiger partial charge in [0, 0.05) is 17.7 Å². The van der Waals surface area contributed by atoms with E-state index >= 15 is 0 Å². The van der Waals surface area contributed by atoms with E-state index in [2.05, 4.69) is 37.7 Å². The Morgan fingerprint density at radius 3 is 2.67 bits per heavy atom. The van der Waals surface area contributed by atoms with E-state index in [1.165, 1.54) is 4.90 Å². The van der Waals surface area contributed by atoms with Gasteiger partial charge in [0.05, 0.1) is 6.42 Å². The molecule has 4 heteroatoms. The first-order valence-electron chi connectivity index (χ1n) is 7.04. The molecule has 0 saturated carbocycles. The molecule has 110 valence electrons. The lowest BCUT2D eigenvalue weighted by Crippen LogP contribution is -2.43. The van der Waals surface area contributed by atoms with Crippen molar-refractivity contribution in [3.63, 3.8) is 0 Å². The van der Waals surface area contributed by atoms with Crippen LogP contribution in [-0.4, -0.2) is 30.5 Å². The van der Waals surface area contributed by atoms with Crippen LogP contribution in [0.15, 0.2) is 36.9 Å². The zero-order chi connectivity index (χ0) is 15.7. The minimum absolute atomic E-state index is 0.164. The molecule has 1 aromatic rings. The topological polar surface area (TPSA) is 40.5 Å². The minimum Gasteiger partial charge on any atom is -0.366 e. The van der Waals surface area contributed by atoms with Gasteiger partial charge in [0.15, 0.2) is 5.72 Å². The van der Waals surface area contributed by atoms with Gasteiger partial charge in [-0.2, -0.15) is 0 Å². The molecule has 0 aromatic heterocycles. The number of hydrogen-bond acceptors (Lipinski definition) is 2. The van der Waals surface area contributed by atoms with Crippen LogP contribution in [0.2, 0.25) is 19.6 Å². The summed E-state index contributed by atoms with van der Waals surface area (Å²) in [6, 6.07) is 7.19. The van der Waals surface area contributed by atoms with Crippen LogP contribution in [0, 0.1) is 11.5 Å². The Labute approximate surface area is 127 Å². The molecule has 1 N–H and O–H groups in total. The third-order valence-electron chi connectivity index (χ3n) is 3.39. The molecular formula is C17H21NO2Si. The van der Waals surface area contributed by atoms with Gasteiger partial charge in [-0.05, 0) is 6.07 Å². The van der Waals surface area contributed by atoms with Crippen LogP contribution in [0.1, 0.15) is 22.3 Å². The van der Waals surface area contributed by atoms with Gasteiger partial charge >= 0.3 is 0 Å². The van der Waals surface area contributed by atoms with Crippen LogP contribution in [0.4, 0.5) is 0 Å². The Morgan fingerprint density at radius 1 is 1.38 bits per heavy atom. The Kier molecular flexibility index (Phi) is 4.08. The van der Waals surface area contributed by atoms with Gasteiger partial charge in [-0.1, -0.05) is 43.9 Å². The van der Waals surface area contributed by atoms with Crippen LogP contribution < -0.4 is 0 Å². The normalized spacial score (nSPS) is 20.8. The number of fused-ring (bicyclic) bond motifs is 1. The Morgan fingerprint density at radius 2 is 2.05 bits per heavy atom. The highest BCUT2D eigenvalue weighted by Crippen LogP contribution is 2.39. The number of carbonyl (C=O) groups is 1. The molecule has 1 aliphatic heterocycles. The molecule has 0 aliphatic carbocycles. The number of carbonyl (C=O) groups excluding carboxylic acids is 1. The molecule has 0 bridgehead atoms. The van der Waals surface area contributed by atoms with E-state index in [9.17, 15) is 9.90 Å². The summed E-state index contributed by atoms with van der Waals surface area (Å²) in [6.07, 6.45) is 1.86. The predicted octanol–water partition coefficient (Wildman–Crippen LogP) is 2.74. The van der Waals surface area contributed by atoms with Crippen LogP contribution in [-0.2, 0) is 5.72 Å². The first-order valence-corrected chi connectivity index (χ1v) is 10.5. The Bertz CT molecular complexity index is 636. The highest BCUT2D eigenvalue weighted by molar-refractivity contribution is 6.83. The summed E-state index contributed by atoms with van der Waals surface area (Å²) >= 11 is 0. The summed E-state index contributed by atoms with van der Waals surface area (Å²) in [5.74, 6) is 2.93. The van der Waals surface area contributed by atoms with Crippen molar-refractivity contribution >= 4 is 14.0 Å². The fourth-order valence-electron chi connectivity index (χ4n) is 2.46. The molecular weight excluding hydrogens is 278 g/mol. The van der Waals surface area contributed by atoms with E-state index in [4.69, 9.17) is 0 Å². The third-order valence-corrected chi connectivity index (χ3v) is 4.32. The zero-order valence-electron chi connectivity index (χ0n) is 12.8. The van der Waals surface area contributed by atoms with E-state index in [1.807, 2.05) is 12.1 Å². The Balaban J connectivity index is 2.43. The number of nitrogens with zero attached hydrogens (tertiary/aromatic N) is 1. The van der Waals surface area contributed by atoms with Gasteiger partial charge in [0.1, 0.15) is 8.07 Å². The number of aliphatic hydroxyl groups is 1. The first kappa shape index (κ1) is 15.6. The largest absolute Gasteiger partial charge is 0.366 e. The van der Waals surface area contributed by atoms with Crippen molar-refractivity contribution in [3.8, 4) is 11.5 Å². The molecule has 1 heterocycles. The van der Waals surface area contributed by atoms with E-state index in [0.29, 0.717) is 17.7 Å². The second-order valence-electron chi connectivity index (χ2n) is 6.30. The zero-order valence-corrected chi connectivity index (χ0v) is 13.8. The molecule has 0 radical (unpaired) electrons. The molecule has 0 spiro atoms. The van der Waals surface area contributed by atoms with Gasteiger partial charge in [-0.3, -0.25) is 4.79 Å².